The second kappa shape index (κ2) is 17.1. The first-order chi connectivity index (χ1) is 23.9. The van der Waals surface area contributed by atoms with E-state index in [4.69, 9.17) is 4.74 Å². The van der Waals surface area contributed by atoms with Gasteiger partial charge < -0.3 is 4.74 Å². The third kappa shape index (κ3) is 10.1. The summed E-state index contributed by atoms with van der Waals surface area (Å²) >= 11 is 3.55. The van der Waals surface area contributed by atoms with E-state index < -0.39 is 24.2 Å². The van der Waals surface area contributed by atoms with Crippen LogP contribution in [0.15, 0.2) is 136 Å². The number of rotatable bonds is 20. The maximum absolute atomic E-state index is 6.33. The van der Waals surface area contributed by atoms with Gasteiger partial charge in [0.15, 0.2) is 0 Å². The normalized spacial score (nSPS) is 15.3. The Labute approximate surface area is 314 Å². The van der Waals surface area contributed by atoms with E-state index in [0.717, 1.165) is 11.1 Å². The van der Waals surface area contributed by atoms with Crippen LogP contribution in [0.2, 0.25) is 57.4 Å². The summed E-state index contributed by atoms with van der Waals surface area (Å²) in [6.45, 7) is 15.8. The Morgan fingerprint density at radius 1 is 0.560 bits per heavy atom. The van der Waals surface area contributed by atoms with Gasteiger partial charge in [0, 0.05) is 5.33 Å². The Bertz CT molecular complexity index is 1640. The molecular weight excluding hydrogens is 721 g/mol. The summed E-state index contributed by atoms with van der Waals surface area (Å²) in [4.78, 5) is 0. The number of ether oxygens (including phenoxy) is 1. The van der Waals surface area contributed by atoms with Gasteiger partial charge in [0.2, 0.25) is 0 Å². The molecule has 0 heterocycles. The van der Waals surface area contributed by atoms with Crippen molar-refractivity contribution in [2.45, 2.75) is 113 Å². The highest BCUT2D eigenvalue weighted by Gasteiger charge is 2.36. The minimum absolute atomic E-state index is 0.144. The van der Waals surface area contributed by atoms with E-state index in [1.165, 1.54) is 88.9 Å². The van der Waals surface area contributed by atoms with Crippen LogP contribution >= 0.6 is 15.9 Å². The fraction of sp³-hybridized carbons (Fsp3) is 0.400. The van der Waals surface area contributed by atoms with Crippen molar-refractivity contribution in [2.24, 2.45) is 0 Å². The summed E-state index contributed by atoms with van der Waals surface area (Å²) in [6, 6.07) is 21.9. The Balaban J connectivity index is 1.39. The van der Waals surface area contributed by atoms with E-state index in [1.54, 1.807) is 0 Å². The van der Waals surface area contributed by atoms with Gasteiger partial charge in [-0.2, -0.15) is 0 Å². The highest BCUT2D eigenvalue weighted by atomic mass is 79.9. The molecule has 262 valence electrons. The number of allylic oxidation sites excluding steroid dienone is 9. The molecule has 0 bridgehead atoms. The molecule has 3 aliphatic rings. The van der Waals surface area contributed by atoms with Crippen molar-refractivity contribution in [2.75, 3.05) is 0 Å². The Kier molecular flexibility index (Phi) is 13.1. The van der Waals surface area contributed by atoms with Gasteiger partial charge in [0.05, 0.1) is 24.2 Å². The van der Waals surface area contributed by atoms with Gasteiger partial charge in [-0.05, 0) is 87.3 Å². The lowest BCUT2D eigenvalue weighted by Crippen LogP contribution is -2.33. The lowest BCUT2D eigenvalue weighted by molar-refractivity contribution is 0.304. The summed E-state index contributed by atoms with van der Waals surface area (Å²) in [7, 11) is -4.66. The molecular formula is C45H57BrOSi3. The van der Waals surface area contributed by atoms with Gasteiger partial charge in [-0.15, -0.1) is 17.2 Å². The second-order valence-electron chi connectivity index (χ2n) is 16.5. The van der Waals surface area contributed by atoms with Gasteiger partial charge in [0.25, 0.3) is 0 Å². The molecule has 0 saturated carbocycles. The Morgan fingerprint density at radius 3 is 1.32 bits per heavy atom. The molecule has 0 fully saturated rings. The smallest absolute Gasteiger partial charge is 0.119 e. The van der Waals surface area contributed by atoms with E-state index in [1.807, 2.05) is 0 Å². The first kappa shape index (κ1) is 38.4. The van der Waals surface area contributed by atoms with Crippen molar-refractivity contribution in [1.82, 2.24) is 0 Å². The molecule has 0 aromatic heterocycles. The maximum Gasteiger partial charge on any atom is 0.119 e. The molecule has 0 N–H and O–H groups in total. The number of benzene rings is 2. The number of halogens is 1. The van der Waals surface area contributed by atoms with Gasteiger partial charge >= 0.3 is 0 Å². The van der Waals surface area contributed by atoms with E-state index in [2.05, 4.69) is 176 Å². The number of alkyl halides is 1. The molecule has 3 aliphatic carbocycles. The van der Waals surface area contributed by atoms with E-state index in [-0.39, 0.29) is 5.41 Å². The van der Waals surface area contributed by atoms with Crippen molar-refractivity contribution in [1.29, 1.82) is 0 Å². The topological polar surface area (TPSA) is 9.23 Å². The number of hydrogen-bond acceptors (Lipinski definition) is 1. The van der Waals surface area contributed by atoms with Crippen molar-refractivity contribution in [3.63, 3.8) is 0 Å². The monoisotopic (exact) mass is 776 g/mol. The van der Waals surface area contributed by atoms with Crippen molar-refractivity contribution in [3.8, 4) is 5.75 Å². The second-order valence-corrected chi connectivity index (χ2v) is 31.5. The molecule has 0 aliphatic heterocycles. The predicted octanol–water partition coefficient (Wildman–Crippen LogP) is 13.4. The molecule has 0 atom stereocenters. The van der Waals surface area contributed by atoms with Gasteiger partial charge in [0.1, 0.15) is 12.4 Å². The van der Waals surface area contributed by atoms with E-state index in [9.17, 15) is 0 Å². The minimum atomic E-state index is -1.55. The van der Waals surface area contributed by atoms with Gasteiger partial charge in [-0.3, -0.25) is 0 Å². The van der Waals surface area contributed by atoms with Gasteiger partial charge in [-0.25, -0.2) is 0 Å². The standard InChI is InChI=1S/C45H57BrOSi3/c1-48(2,42-16-7-8-17-42)33-13-30-45(31-14-34-49(3,4)43-18-9-10-19-43,32-15-35-50(5,6)44-20-11-12-21-44)40-26-28-41(29-27-40)47-37-39-24-22-38(36-46)23-25-39/h7-12,16,18,20,22-29H,13-15,30-37H2,1-6H3. The van der Waals surface area contributed by atoms with Crippen LogP contribution in [0.4, 0.5) is 0 Å². The summed E-state index contributed by atoms with van der Waals surface area (Å²) < 4.78 is 6.33. The van der Waals surface area contributed by atoms with Crippen LogP contribution in [-0.4, -0.2) is 24.2 Å². The average Bonchev–Trinajstić information content (AvgIpc) is 3.92. The quantitative estimate of drug-likeness (QED) is 0.0739. The molecule has 5 heteroatoms. The van der Waals surface area contributed by atoms with Crippen molar-refractivity contribution >= 4 is 40.2 Å². The Hall–Kier alpha value is -2.85. The lowest BCUT2D eigenvalue weighted by Gasteiger charge is -2.38. The van der Waals surface area contributed by atoms with Crippen LogP contribution in [0.1, 0.15) is 55.2 Å². The van der Waals surface area contributed by atoms with Crippen LogP contribution < -0.4 is 4.74 Å². The van der Waals surface area contributed by atoms with Crippen LogP contribution in [0.5, 0.6) is 5.75 Å². The fourth-order valence-corrected chi connectivity index (χ4v) is 15.3. The van der Waals surface area contributed by atoms with Crippen LogP contribution in [-0.2, 0) is 17.4 Å². The molecule has 50 heavy (non-hydrogen) atoms. The molecule has 0 spiro atoms. The van der Waals surface area contributed by atoms with Crippen LogP contribution in [0.25, 0.3) is 0 Å². The fourth-order valence-electron chi connectivity index (χ4n) is 7.87. The zero-order valence-corrected chi connectivity index (χ0v) is 36.0. The number of hydrogen-bond donors (Lipinski definition) is 0. The molecule has 5 rings (SSSR count). The average molecular weight is 778 g/mol. The summed E-state index contributed by atoms with van der Waals surface area (Å²) in [5.41, 5.74) is 14.8. The molecule has 0 radical (unpaired) electrons. The maximum atomic E-state index is 6.33. The molecule has 0 amide bonds. The van der Waals surface area contributed by atoms with Crippen LogP contribution in [0, 0.1) is 0 Å². The Morgan fingerprint density at radius 2 is 0.960 bits per heavy atom. The molecule has 0 unspecified atom stereocenters. The van der Waals surface area contributed by atoms with E-state index in [0.29, 0.717) is 6.61 Å². The largest absolute Gasteiger partial charge is 0.489 e. The summed E-state index contributed by atoms with van der Waals surface area (Å²) in [6.07, 6.45) is 27.2. The summed E-state index contributed by atoms with van der Waals surface area (Å²) in [5, 5.41) is 5.30. The molecule has 2 aromatic carbocycles. The molecule has 2 aromatic rings. The molecule has 0 saturated heterocycles. The zero-order chi connectivity index (χ0) is 35.7. The first-order valence-electron chi connectivity index (χ1n) is 18.7. The minimum Gasteiger partial charge on any atom is -0.489 e. The lowest BCUT2D eigenvalue weighted by atomic mass is 9.70. The van der Waals surface area contributed by atoms with E-state index >= 15 is 0 Å². The first-order valence-corrected chi connectivity index (χ1v) is 29.5. The SMILES string of the molecule is C[Si](C)(CCCC(CCC[Si](C)(C)C1=C=CC=C1)(CCC[Si](C)(C)C1=C=CC=C1)c1ccc(OCc2ccc(CBr)cc2)cc1)C1=C=CC=C1. The van der Waals surface area contributed by atoms with Crippen molar-refractivity contribution < 1.29 is 4.74 Å². The third-order valence-corrected chi connectivity index (χ3v) is 22.2. The van der Waals surface area contributed by atoms with Crippen LogP contribution in [0.3, 0.4) is 0 Å². The highest BCUT2D eigenvalue weighted by Crippen LogP contribution is 2.44. The summed E-state index contributed by atoms with van der Waals surface area (Å²) in [5.74, 6) is 0.952. The highest BCUT2D eigenvalue weighted by molar-refractivity contribution is 9.08. The predicted molar refractivity (Wildman–Crippen MR) is 228 cm³/mol. The van der Waals surface area contributed by atoms with Gasteiger partial charge in [-0.1, -0.05) is 165 Å². The van der Waals surface area contributed by atoms with Crippen molar-refractivity contribution in [3.05, 3.63) is 153 Å². The third-order valence-electron chi connectivity index (χ3n) is 11.4. The molecule has 1 nitrogen and oxygen atoms in total. The zero-order valence-electron chi connectivity index (χ0n) is 31.4.